The molecule has 1 aliphatic rings. The van der Waals surface area contributed by atoms with Crippen molar-refractivity contribution in [3.63, 3.8) is 0 Å². The molecule has 1 fully saturated rings. The second-order valence-electron chi connectivity index (χ2n) is 4.91. The number of benzene rings is 1. The molecule has 1 aliphatic carbocycles. The lowest BCUT2D eigenvalue weighted by Gasteiger charge is -2.22. The van der Waals surface area contributed by atoms with Crippen molar-refractivity contribution >= 4 is 21.6 Å². The maximum absolute atomic E-state index is 13.2. The Morgan fingerprint density at radius 2 is 2.15 bits per heavy atom. The van der Waals surface area contributed by atoms with Gasteiger partial charge in [0.2, 0.25) is 15.9 Å². The van der Waals surface area contributed by atoms with Crippen LogP contribution in [0.5, 0.6) is 0 Å². The number of anilines is 1. The van der Waals surface area contributed by atoms with Gasteiger partial charge in [-0.2, -0.15) is 0 Å². The highest BCUT2D eigenvalue weighted by molar-refractivity contribution is 7.92. The number of hydrogen-bond acceptors (Lipinski definition) is 3. The molecule has 1 aromatic carbocycles. The van der Waals surface area contributed by atoms with Gasteiger partial charge in [-0.3, -0.25) is 9.10 Å². The Labute approximate surface area is 117 Å². The third kappa shape index (κ3) is 4.19. The van der Waals surface area contributed by atoms with Crippen molar-refractivity contribution in [3.8, 4) is 0 Å². The van der Waals surface area contributed by atoms with Crippen molar-refractivity contribution in [2.45, 2.75) is 25.3 Å². The molecule has 1 amide bonds. The van der Waals surface area contributed by atoms with Crippen LogP contribution in [0.1, 0.15) is 19.3 Å². The number of nitrogens with one attached hydrogen (secondary N) is 1. The van der Waals surface area contributed by atoms with E-state index in [1.54, 1.807) is 0 Å². The first kappa shape index (κ1) is 14.8. The van der Waals surface area contributed by atoms with Crippen molar-refractivity contribution < 1.29 is 17.6 Å². The van der Waals surface area contributed by atoms with E-state index in [0.717, 1.165) is 29.5 Å². The van der Waals surface area contributed by atoms with Crippen molar-refractivity contribution in [1.29, 1.82) is 0 Å². The summed E-state index contributed by atoms with van der Waals surface area (Å²) in [4.78, 5) is 11.6. The summed E-state index contributed by atoms with van der Waals surface area (Å²) >= 11 is 0. The van der Waals surface area contributed by atoms with Gasteiger partial charge in [0.05, 0.1) is 11.9 Å². The van der Waals surface area contributed by atoms with Crippen LogP contribution in [-0.2, 0) is 14.8 Å². The summed E-state index contributed by atoms with van der Waals surface area (Å²) in [5.41, 5.74) is 0.228. The van der Waals surface area contributed by atoms with Crippen LogP contribution in [0.25, 0.3) is 0 Å². The molecule has 7 heteroatoms. The molecule has 0 atom stereocenters. The highest BCUT2D eigenvalue weighted by atomic mass is 32.2. The number of sulfonamides is 1. The third-order valence-electron chi connectivity index (χ3n) is 2.98. The SMILES string of the molecule is CS(=O)(=O)N(CCC(=O)NC1CC1)c1cccc(F)c1. The Bertz CT molecular complexity index is 599. The van der Waals surface area contributed by atoms with E-state index in [0.29, 0.717) is 0 Å². The second kappa shape index (κ2) is 5.78. The summed E-state index contributed by atoms with van der Waals surface area (Å²) in [5.74, 6) is -0.698. The number of hydrogen-bond donors (Lipinski definition) is 1. The van der Waals surface area contributed by atoms with Gasteiger partial charge in [0, 0.05) is 19.0 Å². The first-order valence-electron chi connectivity index (χ1n) is 6.39. The van der Waals surface area contributed by atoms with Crippen LogP contribution in [0.4, 0.5) is 10.1 Å². The fourth-order valence-corrected chi connectivity index (χ4v) is 2.77. The van der Waals surface area contributed by atoms with Crippen LogP contribution < -0.4 is 9.62 Å². The van der Waals surface area contributed by atoms with Crippen LogP contribution in [0.2, 0.25) is 0 Å². The number of amides is 1. The predicted molar refractivity (Wildman–Crippen MR) is 74.4 cm³/mol. The van der Waals surface area contributed by atoms with E-state index in [1.807, 2.05) is 0 Å². The molecule has 20 heavy (non-hydrogen) atoms. The van der Waals surface area contributed by atoms with Crippen LogP contribution in [0.3, 0.4) is 0 Å². The zero-order valence-corrected chi connectivity index (χ0v) is 12.0. The molecule has 1 aromatic rings. The Morgan fingerprint density at radius 1 is 1.45 bits per heavy atom. The summed E-state index contributed by atoms with van der Waals surface area (Å²) < 4.78 is 37.8. The van der Waals surface area contributed by atoms with Gasteiger partial charge in [-0.25, -0.2) is 12.8 Å². The van der Waals surface area contributed by atoms with Crippen LogP contribution >= 0.6 is 0 Å². The van der Waals surface area contributed by atoms with Crippen molar-refractivity contribution in [2.24, 2.45) is 0 Å². The maximum Gasteiger partial charge on any atom is 0.232 e. The normalized spacial score (nSPS) is 14.9. The number of carbonyl (C=O) groups is 1. The van der Waals surface area contributed by atoms with Gasteiger partial charge in [-0.1, -0.05) is 6.07 Å². The molecule has 0 unspecified atom stereocenters. The molecular formula is C13H17FN2O3S. The summed E-state index contributed by atoms with van der Waals surface area (Å²) in [5, 5.41) is 2.79. The molecule has 0 saturated heterocycles. The highest BCUT2D eigenvalue weighted by Gasteiger charge is 2.24. The highest BCUT2D eigenvalue weighted by Crippen LogP contribution is 2.20. The molecule has 0 bridgehead atoms. The van der Waals surface area contributed by atoms with Crippen LogP contribution in [0.15, 0.2) is 24.3 Å². The molecule has 110 valence electrons. The summed E-state index contributed by atoms with van der Waals surface area (Å²) in [6.45, 7) is 0.000833. The van der Waals surface area contributed by atoms with E-state index in [1.165, 1.54) is 18.2 Å². The van der Waals surface area contributed by atoms with E-state index in [2.05, 4.69) is 5.32 Å². The quantitative estimate of drug-likeness (QED) is 0.860. The first-order chi connectivity index (χ1) is 9.36. The zero-order chi connectivity index (χ0) is 14.8. The molecule has 2 rings (SSSR count). The predicted octanol–water partition coefficient (Wildman–Crippen LogP) is 1.26. The Balaban J connectivity index is 2.06. The van der Waals surface area contributed by atoms with Gasteiger partial charge in [0.25, 0.3) is 0 Å². The van der Waals surface area contributed by atoms with E-state index < -0.39 is 15.8 Å². The molecule has 0 spiro atoms. The standard InChI is InChI=1S/C13H17FN2O3S/c1-20(18,19)16(12-4-2-3-10(14)9-12)8-7-13(17)15-11-5-6-11/h2-4,9,11H,5-8H2,1H3,(H,15,17). The van der Waals surface area contributed by atoms with Crippen LogP contribution in [-0.4, -0.2) is 33.2 Å². The van der Waals surface area contributed by atoms with Gasteiger partial charge in [-0.15, -0.1) is 0 Å². The van der Waals surface area contributed by atoms with Crippen molar-refractivity contribution in [1.82, 2.24) is 5.32 Å². The topological polar surface area (TPSA) is 66.5 Å². The Kier molecular flexibility index (Phi) is 4.27. The van der Waals surface area contributed by atoms with Crippen molar-refractivity contribution in [3.05, 3.63) is 30.1 Å². The molecule has 1 N–H and O–H groups in total. The molecule has 0 aliphatic heterocycles. The van der Waals surface area contributed by atoms with Gasteiger partial charge in [0.15, 0.2) is 0 Å². The summed E-state index contributed by atoms with van der Waals surface area (Å²) in [6.07, 6.45) is 3.05. The molecular weight excluding hydrogens is 283 g/mol. The fourth-order valence-electron chi connectivity index (χ4n) is 1.85. The summed E-state index contributed by atoms with van der Waals surface area (Å²) in [7, 11) is -3.56. The smallest absolute Gasteiger partial charge is 0.232 e. The number of halogens is 1. The van der Waals surface area contributed by atoms with Crippen LogP contribution in [0, 0.1) is 5.82 Å². The van der Waals surface area contributed by atoms with Crippen molar-refractivity contribution in [2.75, 3.05) is 17.1 Å². The van der Waals surface area contributed by atoms with Gasteiger partial charge >= 0.3 is 0 Å². The minimum Gasteiger partial charge on any atom is -0.353 e. The third-order valence-corrected chi connectivity index (χ3v) is 4.17. The summed E-state index contributed by atoms with van der Waals surface area (Å²) in [6, 6.07) is 5.56. The minimum absolute atomic E-state index is 0.000833. The lowest BCUT2D eigenvalue weighted by Crippen LogP contribution is -2.35. The van der Waals surface area contributed by atoms with E-state index in [9.17, 15) is 17.6 Å². The largest absolute Gasteiger partial charge is 0.353 e. The average molecular weight is 300 g/mol. The number of carbonyl (C=O) groups excluding carboxylic acids is 1. The van der Waals surface area contributed by atoms with Gasteiger partial charge in [-0.05, 0) is 31.0 Å². The number of nitrogens with zero attached hydrogens (tertiary/aromatic N) is 1. The Morgan fingerprint density at radius 3 is 2.70 bits per heavy atom. The van der Waals surface area contributed by atoms with Gasteiger partial charge in [0.1, 0.15) is 5.82 Å². The average Bonchev–Trinajstić information content (AvgIpc) is 3.11. The molecule has 0 aromatic heterocycles. The van der Waals surface area contributed by atoms with E-state index in [4.69, 9.17) is 0 Å². The second-order valence-corrected chi connectivity index (χ2v) is 6.81. The lowest BCUT2D eigenvalue weighted by molar-refractivity contribution is -0.121. The first-order valence-corrected chi connectivity index (χ1v) is 8.24. The maximum atomic E-state index is 13.2. The van der Waals surface area contributed by atoms with E-state index >= 15 is 0 Å². The minimum atomic E-state index is -3.56. The molecule has 5 nitrogen and oxygen atoms in total. The monoisotopic (exact) mass is 300 g/mol. The van der Waals surface area contributed by atoms with Gasteiger partial charge < -0.3 is 5.32 Å². The Hall–Kier alpha value is -1.63. The number of rotatable bonds is 6. The lowest BCUT2D eigenvalue weighted by atomic mass is 10.3. The molecule has 0 radical (unpaired) electrons. The zero-order valence-electron chi connectivity index (χ0n) is 11.2. The molecule has 1 saturated carbocycles. The fraction of sp³-hybridized carbons (Fsp3) is 0.462. The van der Waals surface area contributed by atoms with E-state index in [-0.39, 0.29) is 30.6 Å². The molecule has 0 heterocycles.